The van der Waals surface area contributed by atoms with Crippen molar-refractivity contribution in [3.63, 3.8) is 0 Å². The fourth-order valence-corrected chi connectivity index (χ4v) is 8.95. The molecule has 0 aliphatic heterocycles. The van der Waals surface area contributed by atoms with Gasteiger partial charge in [0, 0.05) is 12.8 Å². The zero-order valence-electron chi connectivity index (χ0n) is 51.3. The van der Waals surface area contributed by atoms with Crippen LogP contribution in [-0.4, -0.2) is 82.3 Å². The average molecular weight is 1090 g/mol. The summed E-state index contributed by atoms with van der Waals surface area (Å²) in [6, 6.07) is 0. The maximum atomic E-state index is 12.9. The Morgan fingerprint density at radius 2 is 0.731 bits per heavy atom. The van der Waals surface area contributed by atoms with Gasteiger partial charge in [-0.25, -0.2) is 0 Å². The van der Waals surface area contributed by atoms with E-state index in [9.17, 15) is 19.5 Å². The Morgan fingerprint density at radius 1 is 0.397 bits per heavy atom. The number of carbonyl (C=O) groups is 3. The Kier molecular flexibility index (Phi) is 56.9. The molecule has 0 N–H and O–H groups in total. The lowest BCUT2D eigenvalue weighted by Crippen LogP contribution is -2.44. The molecule has 0 aromatic carbocycles. The van der Waals surface area contributed by atoms with E-state index < -0.39 is 24.3 Å². The summed E-state index contributed by atoms with van der Waals surface area (Å²) >= 11 is 0. The number of ether oxygens (including phenoxy) is 4. The van der Waals surface area contributed by atoms with Crippen LogP contribution in [0.3, 0.4) is 0 Å². The number of carbonyl (C=O) groups excluding carboxylic acids is 3. The fraction of sp³-hybridized carbons (Fsp3) is 0.754. The molecule has 0 fully saturated rings. The number of rotatable bonds is 59. The molecule has 0 heterocycles. The Morgan fingerprint density at radius 3 is 1.10 bits per heavy atom. The molecular weight excluding hydrogens is 971 g/mol. The molecule has 0 bridgehead atoms. The van der Waals surface area contributed by atoms with Crippen LogP contribution in [0.4, 0.5) is 0 Å². The van der Waals surface area contributed by atoms with E-state index in [-0.39, 0.29) is 38.6 Å². The molecule has 0 amide bonds. The fourth-order valence-electron chi connectivity index (χ4n) is 8.95. The van der Waals surface area contributed by atoms with Crippen LogP contribution in [0.5, 0.6) is 0 Å². The second-order valence-electron chi connectivity index (χ2n) is 22.7. The molecule has 0 saturated carbocycles. The van der Waals surface area contributed by atoms with Gasteiger partial charge in [0.25, 0.3) is 0 Å². The predicted molar refractivity (Wildman–Crippen MR) is 329 cm³/mol. The van der Waals surface area contributed by atoms with Crippen molar-refractivity contribution in [2.45, 2.75) is 289 Å². The van der Waals surface area contributed by atoms with Gasteiger partial charge >= 0.3 is 11.9 Å². The molecule has 0 spiro atoms. The number of hydrogen-bond acceptors (Lipinski definition) is 8. The molecule has 0 aliphatic rings. The second kappa shape index (κ2) is 59.6. The maximum Gasteiger partial charge on any atom is 0.306 e. The van der Waals surface area contributed by atoms with Gasteiger partial charge in [-0.1, -0.05) is 259 Å². The largest absolute Gasteiger partial charge is 0.545 e. The Hall–Kier alpha value is -3.53. The first kappa shape index (κ1) is 74.5. The van der Waals surface area contributed by atoms with Crippen LogP contribution in [-0.2, 0) is 33.3 Å². The van der Waals surface area contributed by atoms with Crippen LogP contribution in [0.2, 0.25) is 0 Å². The van der Waals surface area contributed by atoms with E-state index in [0.717, 1.165) is 89.9 Å². The number of nitrogens with zero attached hydrogens (tertiary/aromatic N) is 1. The van der Waals surface area contributed by atoms with E-state index >= 15 is 0 Å². The van der Waals surface area contributed by atoms with Gasteiger partial charge in [-0.2, -0.15) is 0 Å². The summed E-state index contributed by atoms with van der Waals surface area (Å²) < 4.78 is 22.7. The number of quaternary nitrogens is 1. The smallest absolute Gasteiger partial charge is 0.306 e. The van der Waals surface area contributed by atoms with E-state index in [0.29, 0.717) is 17.4 Å². The summed E-state index contributed by atoms with van der Waals surface area (Å²) in [5.41, 5.74) is 0. The number of unbranched alkanes of at least 4 members (excludes halogenated alkanes) is 30. The number of aliphatic carboxylic acids is 1. The monoisotopic (exact) mass is 1090 g/mol. The van der Waals surface area contributed by atoms with Crippen molar-refractivity contribution in [1.82, 2.24) is 0 Å². The highest BCUT2D eigenvalue weighted by Gasteiger charge is 2.22. The predicted octanol–water partition coefficient (Wildman–Crippen LogP) is 18.2. The number of carboxylic acids is 1. The second-order valence-corrected chi connectivity index (χ2v) is 22.7. The first-order valence-electron chi connectivity index (χ1n) is 32.2. The van der Waals surface area contributed by atoms with Gasteiger partial charge < -0.3 is 33.3 Å². The van der Waals surface area contributed by atoms with Crippen LogP contribution in [0.25, 0.3) is 0 Å². The highest BCUT2D eigenvalue weighted by atomic mass is 16.7. The zero-order chi connectivity index (χ0) is 56.9. The molecule has 0 aliphatic carbocycles. The lowest BCUT2D eigenvalue weighted by atomic mass is 10.0. The van der Waals surface area contributed by atoms with Crippen molar-refractivity contribution in [2.75, 3.05) is 47.5 Å². The number of allylic oxidation sites excluding steroid dienone is 14. The van der Waals surface area contributed by atoms with Gasteiger partial charge in [-0.15, -0.1) is 0 Å². The van der Waals surface area contributed by atoms with Crippen LogP contribution < -0.4 is 5.11 Å². The van der Waals surface area contributed by atoms with Crippen LogP contribution in [0, 0.1) is 0 Å². The van der Waals surface area contributed by atoms with E-state index in [1.807, 2.05) is 21.1 Å². The van der Waals surface area contributed by atoms with Gasteiger partial charge in [0.15, 0.2) is 12.4 Å². The minimum atomic E-state index is -1.62. The third kappa shape index (κ3) is 60.1. The molecule has 0 rings (SSSR count). The van der Waals surface area contributed by atoms with Crippen molar-refractivity contribution < 1.29 is 42.9 Å². The number of esters is 2. The third-order valence-electron chi connectivity index (χ3n) is 13.9. The topological polar surface area (TPSA) is 111 Å². The standard InChI is InChI=1S/C69H121NO8/c1-6-8-10-12-14-16-18-20-21-22-23-24-25-26-27-28-29-30-31-32-33-34-35-36-37-38-39-40-41-42-43-44-45-46-47-48-50-52-54-56-58-60-67(72)78-65(64-77-69(68(73)74)75-62-61-70(3,4)5)63-76-66(71)59-57-55-53-51-49-19-17-15-13-11-9-7-2/h8,10,14-17,20-21,23-24,26-27,29-30,65,69H,6-7,9,11-13,18-19,22,25,28,31-64H2,1-5H3/b10-8-,16-14-,17-15-,21-20-,24-23-,27-26-,30-29-. The van der Waals surface area contributed by atoms with Crippen LogP contribution in [0.1, 0.15) is 277 Å². The van der Waals surface area contributed by atoms with Crippen LogP contribution >= 0.6 is 0 Å². The normalized spacial score (nSPS) is 13.3. The van der Waals surface area contributed by atoms with Gasteiger partial charge in [0.05, 0.1) is 40.3 Å². The summed E-state index contributed by atoms with van der Waals surface area (Å²) in [5.74, 6) is -2.29. The molecular formula is C69H121NO8. The molecule has 0 aromatic rings. The van der Waals surface area contributed by atoms with E-state index in [2.05, 4.69) is 98.9 Å². The van der Waals surface area contributed by atoms with Gasteiger partial charge in [-0.3, -0.25) is 9.59 Å². The minimum absolute atomic E-state index is 0.146. The lowest BCUT2D eigenvalue weighted by molar-refractivity contribution is -0.870. The summed E-state index contributed by atoms with van der Waals surface area (Å²) in [6.45, 7) is 4.61. The first-order chi connectivity index (χ1) is 38.1. The SMILES string of the molecule is CC/C=C\C/C=C\C/C=C\C/C=C\C/C=C\C/C=C\CCCCCCCCCCCCCCCCCCCCCCCCC(=O)OC(COC(=O)CCCCCCC/C=C\CCCCC)COC(OCC[N+](C)(C)C)C(=O)[O-]. The number of carboxylic acid groups (broad SMARTS) is 1. The molecule has 78 heavy (non-hydrogen) atoms. The lowest BCUT2D eigenvalue weighted by Gasteiger charge is -2.26. The molecule has 2 unspecified atom stereocenters. The first-order valence-corrected chi connectivity index (χ1v) is 32.2. The zero-order valence-corrected chi connectivity index (χ0v) is 51.3. The summed E-state index contributed by atoms with van der Waals surface area (Å²) in [4.78, 5) is 37.2. The summed E-state index contributed by atoms with van der Waals surface area (Å²) in [5, 5.41) is 11.8. The molecule has 0 saturated heterocycles. The summed E-state index contributed by atoms with van der Waals surface area (Å²) in [7, 11) is 5.92. The van der Waals surface area contributed by atoms with E-state index in [4.69, 9.17) is 18.9 Å². The van der Waals surface area contributed by atoms with Crippen molar-refractivity contribution in [1.29, 1.82) is 0 Å². The Labute approximate surface area is 480 Å². The minimum Gasteiger partial charge on any atom is -0.545 e. The molecule has 0 aromatic heterocycles. The van der Waals surface area contributed by atoms with Crippen molar-refractivity contribution in [2.24, 2.45) is 0 Å². The Bertz CT molecular complexity index is 1550. The van der Waals surface area contributed by atoms with Crippen molar-refractivity contribution in [3.8, 4) is 0 Å². The van der Waals surface area contributed by atoms with Gasteiger partial charge in [-0.05, 0) is 89.9 Å². The average Bonchev–Trinajstić information content (AvgIpc) is 3.41. The third-order valence-corrected chi connectivity index (χ3v) is 13.9. The van der Waals surface area contributed by atoms with Crippen LogP contribution in [0.15, 0.2) is 85.1 Å². The highest BCUT2D eigenvalue weighted by molar-refractivity contribution is 5.70. The van der Waals surface area contributed by atoms with Crippen molar-refractivity contribution >= 4 is 17.9 Å². The molecule has 0 radical (unpaired) electrons. The number of hydrogen-bond donors (Lipinski definition) is 0. The van der Waals surface area contributed by atoms with E-state index in [1.165, 1.54) is 154 Å². The molecule has 9 heteroatoms. The number of likely N-dealkylation sites (N-methyl/N-ethyl adjacent to an activating group) is 1. The van der Waals surface area contributed by atoms with Crippen molar-refractivity contribution in [3.05, 3.63) is 85.1 Å². The molecule has 9 nitrogen and oxygen atoms in total. The maximum absolute atomic E-state index is 12.9. The van der Waals surface area contributed by atoms with E-state index in [1.54, 1.807) is 0 Å². The molecule has 450 valence electrons. The molecule has 2 atom stereocenters. The van der Waals surface area contributed by atoms with Gasteiger partial charge in [0.2, 0.25) is 0 Å². The Balaban J connectivity index is 3.93. The highest BCUT2D eigenvalue weighted by Crippen LogP contribution is 2.17. The quantitative estimate of drug-likeness (QED) is 0.0195. The van der Waals surface area contributed by atoms with Gasteiger partial charge in [0.1, 0.15) is 13.2 Å². The summed E-state index contributed by atoms with van der Waals surface area (Å²) in [6.07, 6.45) is 76.8.